The minimum atomic E-state index is -4.98. The zero-order valence-electron chi connectivity index (χ0n) is 10.6. The second-order valence-corrected chi connectivity index (χ2v) is 4.57. The summed E-state index contributed by atoms with van der Waals surface area (Å²) in [6.07, 6.45) is -1.14. The lowest BCUT2D eigenvalue weighted by Crippen LogP contribution is -2.44. The van der Waals surface area contributed by atoms with Crippen molar-refractivity contribution in [2.24, 2.45) is 10.7 Å². The third-order valence-corrected chi connectivity index (χ3v) is 3.11. The van der Waals surface area contributed by atoms with Gasteiger partial charge >= 0.3 is 12.1 Å². The number of fused-ring (bicyclic) bond motifs is 1. The van der Waals surface area contributed by atoms with Gasteiger partial charge in [-0.05, 0) is 42.9 Å². The first-order chi connectivity index (χ1) is 9.38. The van der Waals surface area contributed by atoms with Gasteiger partial charge in [0.2, 0.25) is 5.96 Å². The number of aryl methyl sites for hydroxylation is 1. The van der Waals surface area contributed by atoms with Crippen LogP contribution in [-0.2, 0) is 17.6 Å². The van der Waals surface area contributed by atoms with Crippen LogP contribution in [0.25, 0.3) is 0 Å². The molecule has 0 saturated carbocycles. The summed E-state index contributed by atoms with van der Waals surface area (Å²) in [6, 6.07) is 5.43. The number of halogens is 3. The van der Waals surface area contributed by atoms with E-state index in [9.17, 15) is 18.0 Å². The fourth-order valence-electron chi connectivity index (χ4n) is 2.21. The Balaban J connectivity index is 2.20. The summed E-state index contributed by atoms with van der Waals surface area (Å²) >= 11 is 0. The van der Waals surface area contributed by atoms with Crippen LogP contribution in [0.2, 0.25) is 0 Å². The fraction of sp³-hybridized carbons (Fsp3) is 0.385. The normalized spacial score (nSPS) is 15.7. The van der Waals surface area contributed by atoms with Crippen LogP contribution in [0.15, 0.2) is 23.2 Å². The standard InChI is InChI=1S/C13H14F3N3O/c14-13(15,16)11(20)19-12(17)18-10-7-3-5-8-4-1-2-6-9(8)10/h3,5,7H,1-2,4,6H2,(H3,17,18,19,20). The smallest absolute Gasteiger partial charge is 0.369 e. The van der Waals surface area contributed by atoms with Gasteiger partial charge in [0.25, 0.3) is 0 Å². The Hall–Kier alpha value is -2.05. The summed E-state index contributed by atoms with van der Waals surface area (Å²) in [5.74, 6) is -2.67. The van der Waals surface area contributed by atoms with Crippen molar-refractivity contribution in [3.05, 3.63) is 29.3 Å². The van der Waals surface area contributed by atoms with Gasteiger partial charge in [0.1, 0.15) is 0 Å². The lowest BCUT2D eigenvalue weighted by molar-refractivity contribution is -0.171. The summed E-state index contributed by atoms with van der Waals surface area (Å²) in [6.45, 7) is 0. The number of nitrogens with one attached hydrogen (secondary N) is 1. The molecule has 4 nitrogen and oxygen atoms in total. The first kappa shape index (κ1) is 14.4. The Morgan fingerprint density at radius 3 is 2.65 bits per heavy atom. The molecule has 108 valence electrons. The molecule has 1 amide bonds. The highest BCUT2D eigenvalue weighted by atomic mass is 19.4. The van der Waals surface area contributed by atoms with Crippen molar-refractivity contribution in [2.45, 2.75) is 31.9 Å². The Labute approximate surface area is 113 Å². The number of alkyl halides is 3. The van der Waals surface area contributed by atoms with Crippen LogP contribution in [0.1, 0.15) is 24.0 Å². The number of rotatable bonds is 1. The van der Waals surface area contributed by atoms with Crippen molar-refractivity contribution < 1.29 is 18.0 Å². The minimum absolute atomic E-state index is 0.516. The molecule has 0 fully saturated rings. The minimum Gasteiger partial charge on any atom is -0.369 e. The number of carbonyl (C=O) groups is 1. The molecule has 20 heavy (non-hydrogen) atoms. The molecule has 1 aliphatic carbocycles. The summed E-state index contributed by atoms with van der Waals surface area (Å²) in [5, 5.41) is 1.54. The number of guanidine groups is 1. The summed E-state index contributed by atoms with van der Waals surface area (Å²) < 4.78 is 36.3. The number of benzene rings is 1. The SMILES string of the molecule is NC(=Nc1cccc2c1CCCC2)NC(=O)C(F)(F)F. The van der Waals surface area contributed by atoms with Crippen molar-refractivity contribution in [2.75, 3.05) is 0 Å². The Bertz CT molecular complexity index is 552. The van der Waals surface area contributed by atoms with Gasteiger partial charge in [-0.15, -0.1) is 0 Å². The zero-order chi connectivity index (χ0) is 14.8. The number of hydrogen-bond donors (Lipinski definition) is 2. The molecule has 0 bridgehead atoms. The monoisotopic (exact) mass is 285 g/mol. The van der Waals surface area contributed by atoms with Gasteiger partial charge in [0.05, 0.1) is 5.69 Å². The maximum absolute atomic E-state index is 12.1. The third kappa shape index (κ3) is 3.28. The fourth-order valence-corrected chi connectivity index (χ4v) is 2.21. The van der Waals surface area contributed by atoms with Gasteiger partial charge in [-0.1, -0.05) is 12.1 Å². The molecule has 3 N–H and O–H groups in total. The second-order valence-electron chi connectivity index (χ2n) is 4.57. The Morgan fingerprint density at radius 1 is 1.25 bits per heavy atom. The zero-order valence-corrected chi connectivity index (χ0v) is 10.6. The molecule has 0 aromatic heterocycles. The predicted molar refractivity (Wildman–Crippen MR) is 68.6 cm³/mol. The third-order valence-electron chi connectivity index (χ3n) is 3.11. The summed E-state index contributed by atoms with van der Waals surface area (Å²) in [5.41, 5.74) is 7.99. The molecule has 0 radical (unpaired) electrons. The number of nitrogens with two attached hydrogens (primary N) is 1. The molecule has 0 unspecified atom stereocenters. The quantitative estimate of drug-likeness (QED) is 0.613. The van der Waals surface area contributed by atoms with Gasteiger partial charge in [0.15, 0.2) is 0 Å². The number of carbonyl (C=O) groups excluding carboxylic acids is 1. The van der Waals surface area contributed by atoms with E-state index in [-0.39, 0.29) is 0 Å². The van der Waals surface area contributed by atoms with Crippen LogP contribution >= 0.6 is 0 Å². The van der Waals surface area contributed by atoms with Crippen molar-refractivity contribution in [3.8, 4) is 0 Å². The van der Waals surface area contributed by atoms with Crippen LogP contribution in [-0.4, -0.2) is 18.0 Å². The van der Waals surface area contributed by atoms with E-state index < -0.39 is 18.0 Å². The molecule has 1 aromatic rings. The van der Waals surface area contributed by atoms with Gasteiger partial charge in [-0.2, -0.15) is 13.2 Å². The van der Waals surface area contributed by atoms with Gasteiger partial charge in [-0.3, -0.25) is 10.1 Å². The maximum Gasteiger partial charge on any atom is 0.471 e. The van der Waals surface area contributed by atoms with Crippen LogP contribution in [0, 0.1) is 0 Å². The second kappa shape index (κ2) is 5.52. The van der Waals surface area contributed by atoms with Gasteiger partial charge in [-0.25, -0.2) is 4.99 Å². The van der Waals surface area contributed by atoms with Crippen LogP contribution in [0.4, 0.5) is 18.9 Å². The first-order valence-electron chi connectivity index (χ1n) is 6.21. The van der Waals surface area contributed by atoms with E-state index in [1.54, 1.807) is 12.1 Å². The highest BCUT2D eigenvalue weighted by Crippen LogP contribution is 2.29. The molecule has 2 rings (SSSR count). The summed E-state index contributed by atoms with van der Waals surface area (Å²) in [4.78, 5) is 14.6. The van der Waals surface area contributed by atoms with E-state index in [2.05, 4.69) is 4.99 Å². The first-order valence-corrected chi connectivity index (χ1v) is 6.21. The molecule has 0 atom stereocenters. The van der Waals surface area contributed by atoms with Crippen LogP contribution < -0.4 is 11.1 Å². The molecular formula is C13H14F3N3O. The molecular weight excluding hydrogens is 271 g/mol. The van der Waals surface area contributed by atoms with Crippen molar-refractivity contribution in [1.82, 2.24) is 5.32 Å². The van der Waals surface area contributed by atoms with Crippen molar-refractivity contribution in [3.63, 3.8) is 0 Å². The average molecular weight is 285 g/mol. The van der Waals surface area contributed by atoms with E-state index in [1.807, 2.05) is 6.07 Å². The van der Waals surface area contributed by atoms with E-state index in [1.165, 1.54) is 5.32 Å². The molecule has 0 saturated heterocycles. The van der Waals surface area contributed by atoms with E-state index in [0.29, 0.717) is 5.69 Å². The number of aliphatic imine (C=N–C) groups is 1. The molecule has 7 heteroatoms. The highest BCUT2D eigenvalue weighted by Gasteiger charge is 2.39. The lowest BCUT2D eigenvalue weighted by Gasteiger charge is -2.17. The van der Waals surface area contributed by atoms with E-state index >= 15 is 0 Å². The largest absolute Gasteiger partial charge is 0.471 e. The molecule has 1 aromatic carbocycles. The highest BCUT2D eigenvalue weighted by molar-refractivity contribution is 5.99. The Kier molecular flexibility index (Phi) is 3.96. The topological polar surface area (TPSA) is 67.5 Å². The number of hydrogen-bond acceptors (Lipinski definition) is 2. The Morgan fingerprint density at radius 2 is 1.95 bits per heavy atom. The summed E-state index contributed by atoms with van der Waals surface area (Å²) in [7, 11) is 0. The van der Waals surface area contributed by atoms with E-state index in [0.717, 1.165) is 36.8 Å². The lowest BCUT2D eigenvalue weighted by atomic mass is 9.90. The molecule has 0 spiro atoms. The van der Waals surface area contributed by atoms with Crippen molar-refractivity contribution >= 4 is 17.6 Å². The number of amides is 1. The van der Waals surface area contributed by atoms with Gasteiger partial charge < -0.3 is 5.73 Å². The van der Waals surface area contributed by atoms with Crippen LogP contribution in [0.3, 0.4) is 0 Å². The average Bonchev–Trinajstić information content (AvgIpc) is 2.38. The van der Waals surface area contributed by atoms with Crippen LogP contribution in [0.5, 0.6) is 0 Å². The molecule has 0 heterocycles. The molecule has 1 aliphatic rings. The molecule has 0 aliphatic heterocycles. The maximum atomic E-state index is 12.1. The predicted octanol–water partition coefficient (Wildman–Crippen LogP) is 2.19. The van der Waals surface area contributed by atoms with E-state index in [4.69, 9.17) is 5.73 Å². The number of nitrogens with zero attached hydrogens (tertiary/aromatic N) is 1. The van der Waals surface area contributed by atoms with Gasteiger partial charge in [0, 0.05) is 0 Å². The van der Waals surface area contributed by atoms with Crippen molar-refractivity contribution in [1.29, 1.82) is 0 Å².